The van der Waals surface area contributed by atoms with Crippen molar-refractivity contribution in [3.8, 4) is 11.4 Å². The summed E-state index contributed by atoms with van der Waals surface area (Å²) < 4.78 is 1.38. The molecule has 0 saturated heterocycles. The Balaban J connectivity index is 1.67. The molecule has 6 nitrogen and oxygen atoms in total. The van der Waals surface area contributed by atoms with E-state index in [2.05, 4.69) is 48.3 Å². The minimum atomic E-state index is 0.0414. The molecule has 0 aliphatic carbocycles. The third-order valence-corrected chi connectivity index (χ3v) is 5.70. The number of nitrogen functional groups attached to an aromatic ring is 1. The number of rotatable bonds is 8. The molecular formula is C21H24ClN5OS. The first-order valence-electron chi connectivity index (χ1n) is 9.41. The van der Waals surface area contributed by atoms with Crippen LogP contribution in [0.3, 0.4) is 0 Å². The lowest BCUT2D eigenvalue weighted by atomic mass is 10.1. The molecule has 0 radical (unpaired) electrons. The van der Waals surface area contributed by atoms with Crippen LogP contribution in [0.15, 0.2) is 53.7 Å². The summed E-state index contributed by atoms with van der Waals surface area (Å²) in [7, 11) is 0. The molecule has 0 saturated carbocycles. The van der Waals surface area contributed by atoms with Gasteiger partial charge in [-0.25, -0.2) is 4.68 Å². The van der Waals surface area contributed by atoms with Gasteiger partial charge in [0.1, 0.15) is 0 Å². The Bertz CT molecular complexity index is 973. The molecule has 0 aliphatic rings. The minimum Gasteiger partial charge on any atom is -0.338 e. The number of halogens is 1. The van der Waals surface area contributed by atoms with Gasteiger partial charge in [-0.3, -0.25) is 4.79 Å². The van der Waals surface area contributed by atoms with Crippen LogP contribution in [0, 0.1) is 6.92 Å². The van der Waals surface area contributed by atoms with Crippen molar-refractivity contribution in [3.63, 3.8) is 0 Å². The number of amides is 1. The number of aryl methyl sites for hydroxylation is 1. The fraction of sp³-hybridized carbons (Fsp3) is 0.286. The third-order valence-electron chi connectivity index (χ3n) is 4.44. The maximum absolute atomic E-state index is 12.8. The summed E-state index contributed by atoms with van der Waals surface area (Å²) in [5.41, 5.74) is 3.02. The largest absolute Gasteiger partial charge is 0.338 e. The number of thioether (sulfide) groups is 1. The summed E-state index contributed by atoms with van der Waals surface area (Å²) in [6.45, 7) is 5.41. The molecule has 2 aromatic carbocycles. The lowest BCUT2D eigenvalue weighted by molar-refractivity contribution is -0.129. The van der Waals surface area contributed by atoms with E-state index in [1.54, 1.807) is 6.07 Å². The molecule has 8 heteroatoms. The Kier molecular flexibility index (Phi) is 7.17. The first-order chi connectivity index (χ1) is 14.0. The maximum atomic E-state index is 12.8. The number of benzene rings is 2. The van der Waals surface area contributed by atoms with Gasteiger partial charge in [-0.2, -0.15) is 0 Å². The minimum absolute atomic E-state index is 0.0414. The van der Waals surface area contributed by atoms with Gasteiger partial charge in [0, 0.05) is 18.7 Å². The van der Waals surface area contributed by atoms with Crippen LogP contribution < -0.4 is 5.84 Å². The molecule has 0 spiro atoms. The van der Waals surface area contributed by atoms with E-state index in [4.69, 9.17) is 17.4 Å². The molecule has 0 bridgehead atoms. The summed E-state index contributed by atoms with van der Waals surface area (Å²) in [4.78, 5) is 14.7. The average molecular weight is 430 g/mol. The first-order valence-corrected chi connectivity index (χ1v) is 10.8. The van der Waals surface area contributed by atoms with Crippen LogP contribution >= 0.6 is 23.4 Å². The van der Waals surface area contributed by atoms with Crippen molar-refractivity contribution in [3.05, 3.63) is 64.7 Å². The van der Waals surface area contributed by atoms with Crippen LogP contribution in [0.1, 0.15) is 24.5 Å². The topological polar surface area (TPSA) is 77.0 Å². The van der Waals surface area contributed by atoms with Crippen molar-refractivity contribution in [2.24, 2.45) is 0 Å². The molecule has 0 fully saturated rings. The Morgan fingerprint density at radius 2 is 1.90 bits per heavy atom. The molecule has 3 rings (SSSR count). The molecule has 2 N–H and O–H groups in total. The number of aromatic nitrogens is 3. The summed E-state index contributed by atoms with van der Waals surface area (Å²) >= 11 is 7.50. The fourth-order valence-electron chi connectivity index (χ4n) is 2.89. The lowest BCUT2D eigenvalue weighted by Crippen LogP contribution is -2.32. The van der Waals surface area contributed by atoms with Crippen molar-refractivity contribution in [2.75, 3.05) is 18.1 Å². The van der Waals surface area contributed by atoms with E-state index in [1.165, 1.54) is 22.0 Å². The average Bonchev–Trinajstić information content (AvgIpc) is 3.08. The highest BCUT2D eigenvalue weighted by Gasteiger charge is 2.18. The molecule has 1 amide bonds. The van der Waals surface area contributed by atoms with Crippen molar-refractivity contribution in [1.82, 2.24) is 19.8 Å². The van der Waals surface area contributed by atoms with Gasteiger partial charge in [0.15, 0.2) is 5.82 Å². The number of hydrogen-bond acceptors (Lipinski definition) is 5. The highest BCUT2D eigenvalue weighted by Crippen LogP contribution is 2.27. The van der Waals surface area contributed by atoms with Gasteiger partial charge in [-0.15, -0.1) is 10.2 Å². The summed E-state index contributed by atoms with van der Waals surface area (Å²) in [5, 5.41) is 9.29. The first kappa shape index (κ1) is 21.2. The second kappa shape index (κ2) is 9.80. The Morgan fingerprint density at radius 3 is 2.59 bits per heavy atom. The SMILES string of the molecule is CCCN(Cc1ccc(C)cc1)C(=O)CSc1nnc(-c2ccccc2Cl)n1N. The molecule has 0 unspecified atom stereocenters. The predicted octanol–water partition coefficient (Wildman–Crippen LogP) is 4.15. The van der Waals surface area contributed by atoms with E-state index in [0.29, 0.717) is 34.7 Å². The second-order valence-corrected chi connectivity index (χ2v) is 8.10. The van der Waals surface area contributed by atoms with Crippen LogP contribution in [-0.4, -0.2) is 38.0 Å². The smallest absolute Gasteiger partial charge is 0.233 e. The van der Waals surface area contributed by atoms with Crippen molar-refractivity contribution < 1.29 is 4.79 Å². The van der Waals surface area contributed by atoms with E-state index in [9.17, 15) is 4.79 Å². The summed E-state index contributed by atoms with van der Waals surface area (Å²) in [6, 6.07) is 15.6. The predicted molar refractivity (Wildman–Crippen MR) is 118 cm³/mol. The molecule has 1 heterocycles. The molecular weight excluding hydrogens is 406 g/mol. The van der Waals surface area contributed by atoms with E-state index < -0.39 is 0 Å². The monoisotopic (exact) mass is 429 g/mol. The number of carbonyl (C=O) groups is 1. The van der Waals surface area contributed by atoms with E-state index >= 15 is 0 Å². The summed E-state index contributed by atoms with van der Waals surface area (Å²) in [5.74, 6) is 6.90. The molecule has 3 aromatic rings. The molecule has 29 heavy (non-hydrogen) atoms. The van der Waals surface area contributed by atoms with Crippen LogP contribution in [0.4, 0.5) is 0 Å². The standard InChI is InChI=1S/C21H24ClN5OS/c1-3-12-26(13-16-10-8-15(2)9-11-16)19(28)14-29-21-25-24-20(27(21)23)17-6-4-5-7-18(17)22/h4-11H,3,12-14,23H2,1-2H3. The van der Waals surface area contributed by atoms with Crippen LogP contribution in [-0.2, 0) is 11.3 Å². The normalized spacial score (nSPS) is 10.9. The summed E-state index contributed by atoms with van der Waals surface area (Å²) in [6.07, 6.45) is 0.895. The number of nitrogens with zero attached hydrogens (tertiary/aromatic N) is 4. The highest BCUT2D eigenvalue weighted by atomic mass is 35.5. The van der Waals surface area contributed by atoms with Crippen LogP contribution in [0.25, 0.3) is 11.4 Å². The van der Waals surface area contributed by atoms with E-state index in [1.807, 2.05) is 23.1 Å². The van der Waals surface area contributed by atoms with E-state index in [-0.39, 0.29) is 11.7 Å². The van der Waals surface area contributed by atoms with Gasteiger partial charge >= 0.3 is 0 Å². The quantitative estimate of drug-likeness (QED) is 0.430. The van der Waals surface area contributed by atoms with Gasteiger partial charge < -0.3 is 10.7 Å². The van der Waals surface area contributed by atoms with Gasteiger partial charge in [0.05, 0.1) is 10.8 Å². The zero-order chi connectivity index (χ0) is 20.8. The number of nitrogens with two attached hydrogens (primary N) is 1. The molecule has 152 valence electrons. The Morgan fingerprint density at radius 1 is 1.17 bits per heavy atom. The second-order valence-electron chi connectivity index (χ2n) is 6.75. The van der Waals surface area contributed by atoms with Crippen LogP contribution in [0.5, 0.6) is 0 Å². The third kappa shape index (κ3) is 5.31. The van der Waals surface area contributed by atoms with Crippen molar-refractivity contribution in [2.45, 2.75) is 32.0 Å². The fourth-order valence-corrected chi connectivity index (χ4v) is 3.87. The number of hydrogen-bond donors (Lipinski definition) is 1. The molecule has 0 atom stereocenters. The maximum Gasteiger partial charge on any atom is 0.233 e. The molecule has 0 aliphatic heterocycles. The van der Waals surface area contributed by atoms with Crippen molar-refractivity contribution in [1.29, 1.82) is 0 Å². The van der Waals surface area contributed by atoms with Gasteiger partial charge in [-0.05, 0) is 31.0 Å². The Hall–Kier alpha value is -2.51. The zero-order valence-electron chi connectivity index (χ0n) is 16.5. The Labute approximate surface area is 180 Å². The lowest BCUT2D eigenvalue weighted by Gasteiger charge is -2.22. The van der Waals surface area contributed by atoms with Gasteiger partial charge in [0.25, 0.3) is 0 Å². The number of carbonyl (C=O) groups excluding carboxylic acids is 1. The van der Waals surface area contributed by atoms with Crippen LogP contribution in [0.2, 0.25) is 5.02 Å². The van der Waals surface area contributed by atoms with Crippen molar-refractivity contribution >= 4 is 29.3 Å². The zero-order valence-corrected chi connectivity index (χ0v) is 18.1. The highest BCUT2D eigenvalue weighted by molar-refractivity contribution is 7.99. The van der Waals surface area contributed by atoms with E-state index in [0.717, 1.165) is 12.0 Å². The van der Waals surface area contributed by atoms with Gasteiger partial charge in [-0.1, -0.05) is 72.2 Å². The molecule has 1 aromatic heterocycles. The van der Waals surface area contributed by atoms with Gasteiger partial charge in [0.2, 0.25) is 11.1 Å².